The highest BCUT2D eigenvalue weighted by molar-refractivity contribution is 7.22. The van der Waals surface area contributed by atoms with Crippen LogP contribution in [0.5, 0.6) is 0 Å². The molecule has 0 atom stereocenters. The smallest absolute Gasteiger partial charge is 0.228 e. The molecule has 0 aliphatic carbocycles. The number of thiazole rings is 1. The molecule has 0 saturated carbocycles. The number of halogens is 1. The van der Waals surface area contributed by atoms with Gasteiger partial charge in [0.05, 0.1) is 22.3 Å². The molecule has 0 radical (unpaired) electrons. The molecule has 0 spiro atoms. The summed E-state index contributed by atoms with van der Waals surface area (Å²) < 4.78 is 0.931. The fourth-order valence-electron chi connectivity index (χ4n) is 2.98. The highest BCUT2D eigenvalue weighted by Gasteiger charge is 2.12. The molecule has 2 aromatic heterocycles. The molecule has 0 bridgehead atoms. The van der Waals surface area contributed by atoms with E-state index < -0.39 is 0 Å². The van der Waals surface area contributed by atoms with Crippen LogP contribution >= 0.6 is 22.9 Å². The molecule has 0 aliphatic rings. The second-order valence-electron chi connectivity index (χ2n) is 6.66. The molecule has 30 heavy (non-hydrogen) atoms. The molecular weight excluding hydrogens is 420 g/mol. The van der Waals surface area contributed by atoms with Crippen LogP contribution in [0.3, 0.4) is 0 Å². The molecule has 0 unspecified atom stereocenters. The molecule has 2 amide bonds. The van der Waals surface area contributed by atoms with Crippen LogP contribution in [0.2, 0.25) is 5.15 Å². The Morgan fingerprint density at radius 3 is 2.60 bits per heavy atom. The molecular formula is C22H17ClN4O2S. The van der Waals surface area contributed by atoms with E-state index in [9.17, 15) is 9.59 Å². The van der Waals surface area contributed by atoms with Gasteiger partial charge in [0.15, 0.2) is 10.3 Å². The third kappa shape index (κ3) is 4.64. The number of hydrogen-bond acceptors (Lipinski definition) is 5. The summed E-state index contributed by atoms with van der Waals surface area (Å²) in [6.07, 6.45) is 1.91. The zero-order chi connectivity index (χ0) is 21.1. The predicted molar refractivity (Wildman–Crippen MR) is 121 cm³/mol. The summed E-state index contributed by atoms with van der Waals surface area (Å²) in [4.78, 5) is 32.3. The van der Waals surface area contributed by atoms with Gasteiger partial charge in [-0.2, -0.15) is 0 Å². The van der Waals surface area contributed by atoms with Crippen molar-refractivity contribution in [2.45, 2.75) is 13.3 Å². The lowest BCUT2D eigenvalue weighted by molar-refractivity contribution is -0.116. The molecule has 2 N–H and O–H groups in total. The Labute approximate surface area is 181 Å². The molecule has 0 fully saturated rings. The third-order valence-electron chi connectivity index (χ3n) is 4.33. The van der Waals surface area contributed by atoms with Gasteiger partial charge in [0.25, 0.3) is 0 Å². The Morgan fingerprint density at radius 2 is 1.83 bits per heavy atom. The number of benzene rings is 2. The average Bonchev–Trinajstić information content (AvgIpc) is 3.11. The number of fused-ring (bicyclic) bond motifs is 1. The molecule has 0 saturated heterocycles. The van der Waals surface area contributed by atoms with Crippen molar-refractivity contribution in [1.29, 1.82) is 0 Å². The van der Waals surface area contributed by atoms with Crippen molar-refractivity contribution in [3.63, 3.8) is 0 Å². The van der Waals surface area contributed by atoms with Crippen molar-refractivity contribution < 1.29 is 9.59 Å². The van der Waals surface area contributed by atoms with Gasteiger partial charge in [-0.15, -0.1) is 0 Å². The van der Waals surface area contributed by atoms with E-state index in [0.717, 1.165) is 26.9 Å². The summed E-state index contributed by atoms with van der Waals surface area (Å²) in [5.41, 5.74) is 3.89. The maximum atomic E-state index is 12.4. The maximum absolute atomic E-state index is 12.4. The molecule has 2 heterocycles. The van der Waals surface area contributed by atoms with Gasteiger partial charge in [-0.3, -0.25) is 9.59 Å². The summed E-state index contributed by atoms with van der Waals surface area (Å²) >= 11 is 7.60. The van der Waals surface area contributed by atoms with Gasteiger partial charge in [-0.25, -0.2) is 9.97 Å². The van der Waals surface area contributed by atoms with Crippen LogP contribution in [0.15, 0.2) is 60.8 Å². The van der Waals surface area contributed by atoms with Crippen LogP contribution in [0, 0.1) is 0 Å². The lowest BCUT2D eigenvalue weighted by Crippen LogP contribution is -2.15. The van der Waals surface area contributed by atoms with Crippen LogP contribution in [0.25, 0.3) is 21.3 Å². The second-order valence-corrected chi connectivity index (χ2v) is 8.04. The monoisotopic (exact) mass is 436 g/mol. The van der Waals surface area contributed by atoms with E-state index in [4.69, 9.17) is 11.6 Å². The number of carbonyl (C=O) groups excluding carboxylic acids is 2. The van der Waals surface area contributed by atoms with Crippen LogP contribution in [0.1, 0.15) is 12.5 Å². The summed E-state index contributed by atoms with van der Waals surface area (Å²) in [6.45, 7) is 1.45. The highest BCUT2D eigenvalue weighted by Crippen LogP contribution is 2.32. The van der Waals surface area contributed by atoms with Crippen molar-refractivity contribution in [2.75, 3.05) is 10.6 Å². The molecule has 6 nitrogen and oxygen atoms in total. The van der Waals surface area contributed by atoms with Crippen LogP contribution in [0.4, 0.5) is 10.8 Å². The standard InChI is InChI=1S/C22H17ClN4O2S/c1-13(28)25-22-27-17-8-7-15(11-19(17)30-22)16-10-18(21(23)24-12-16)26-20(29)9-14-5-3-2-4-6-14/h2-8,10-12H,9H2,1H3,(H,26,29)(H,25,27,28). The summed E-state index contributed by atoms with van der Waals surface area (Å²) in [7, 11) is 0. The number of amides is 2. The largest absolute Gasteiger partial charge is 0.323 e. The Kier molecular flexibility index (Phi) is 5.74. The lowest BCUT2D eigenvalue weighted by Gasteiger charge is -2.09. The van der Waals surface area contributed by atoms with Crippen molar-refractivity contribution in [3.05, 3.63) is 71.5 Å². The second kappa shape index (κ2) is 8.61. The Bertz CT molecular complexity index is 1240. The van der Waals surface area contributed by atoms with Crippen molar-refractivity contribution >= 4 is 55.8 Å². The number of hydrogen-bond donors (Lipinski definition) is 2. The van der Waals surface area contributed by atoms with Gasteiger partial charge < -0.3 is 10.6 Å². The predicted octanol–water partition coefficient (Wildman–Crippen LogP) is 5.15. The number of nitrogens with zero attached hydrogens (tertiary/aromatic N) is 2. The van der Waals surface area contributed by atoms with Gasteiger partial charge >= 0.3 is 0 Å². The number of aromatic nitrogens is 2. The van der Waals surface area contributed by atoms with Gasteiger partial charge in [-0.05, 0) is 29.3 Å². The number of nitrogens with one attached hydrogen (secondary N) is 2. The fraction of sp³-hybridized carbons (Fsp3) is 0.0909. The van der Waals surface area contributed by atoms with E-state index in [1.807, 2.05) is 48.5 Å². The summed E-state index contributed by atoms with van der Waals surface area (Å²) in [6, 6.07) is 17.1. The first kappa shape index (κ1) is 20.0. The van der Waals surface area contributed by atoms with Gasteiger partial charge in [0.1, 0.15) is 0 Å². The van der Waals surface area contributed by atoms with E-state index >= 15 is 0 Å². The molecule has 4 aromatic rings. The molecule has 150 valence electrons. The van der Waals surface area contributed by atoms with Crippen molar-refractivity contribution in [2.24, 2.45) is 0 Å². The third-order valence-corrected chi connectivity index (χ3v) is 5.56. The number of pyridine rings is 1. The quantitative estimate of drug-likeness (QED) is 0.423. The van der Waals surface area contributed by atoms with Crippen LogP contribution < -0.4 is 10.6 Å². The van der Waals surface area contributed by atoms with Gasteiger partial charge in [-0.1, -0.05) is 59.3 Å². The van der Waals surface area contributed by atoms with Crippen molar-refractivity contribution in [1.82, 2.24) is 9.97 Å². The summed E-state index contributed by atoms with van der Waals surface area (Å²) in [5, 5.41) is 6.33. The Morgan fingerprint density at radius 1 is 1.03 bits per heavy atom. The first-order valence-electron chi connectivity index (χ1n) is 9.16. The minimum atomic E-state index is -0.167. The molecule has 8 heteroatoms. The average molecular weight is 437 g/mol. The van der Waals surface area contributed by atoms with Gasteiger partial charge in [0, 0.05) is 18.7 Å². The Balaban J connectivity index is 1.57. The zero-order valence-corrected chi connectivity index (χ0v) is 17.6. The molecule has 2 aromatic carbocycles. The zero-order valence-electron chi connectivity index (χ0n) is 16.0. The number of rotatable bonds is 5. The van der Waals surface area contributed by atoms with E-state index in [1.165, 1.54) is 18.3 Å². The topological polar surface area (TPSA) is 84.0 Å². The lowest BCUT2D eigenvalue weighted by atomic mass is 10.1. The van der Waals surface area contributed by atoms with Crippen LogP contribution in [-0.4, -0.2) is 21.8 Å². The molecule has 0 aliphatic heterocycles. The minimum absolute atomic E-state index is 0.160. The normalized spacial score (nSPS) is 10.7. The van der Waals surface area contributed by atoms with E-state index in [-0.39, 0.29) is 23.4 Å². The van der Waals surface area contributed by atoms with E-state index in [1.54, 1.807) is 12.3 Å². The first-order valence-corrected chi connectivity index (χ1v) is 10.4. The number of carbonyl (C=O) groups is 2. The van der Waals surface area contributed by atoms with Gasteiger partial charge in [0.2, 0.25) is 11.8 Å². The first-order chi connectivity index (χ1) is 14.5. The fourth-order valence-corrected chi connectivity index (χ4v) is 4.08. The Hall–Kier alpha value is -3.29. The van der Waals surface area contributed by atoms with Crippen molar-refractivity contribution in [3.8, 4) is 11.1 Å². The summed E-state index contributed by atoms with van der Waals surface area (Å²) in [5.74, 6) is -0.327. The minimum Gasteiger partial charge on any atom is -0.323 e. The van der Waals surface area contributed by atoms with Crippen LogP contribution in [-0.2, 0) is 16.0 Å². The maximum Gasteiger partial charge on any atom is 0.228 e. The highest BCUT2D eigenvalue weighted by atomic mass is 35.5. The number of anilines is 2. The van der Waals surface area contributed by atoms with E-state index in [0.29, 0.717) is 10.8 Å². The SMILES string of the molecule is CC(=O)Nc1nc2ccc(-c3cnc(Cl)c(NC(=O)Cc4ccccc4)c3)cc2s1. The van der Waals surface area contributed by atoms with E-state index in [2.05, 4.69) is 20.6 Å². The molecule has 4 rings (SSSR count).